The molecule has 3 aromatic rings. The van der Waals surface area contributed by atoms with Crippen LogP contribution >= 0.6 is 0 Å². The molecule has 5 rings (SSSR count). The Kier molecular flexibility index (Phi) is 5.18. The fraction of sp³-hybridized carbons (Fsp3) is 0.417. The van der Waals surface area contributed by atoms with Crippen LogP contribution in [0, 0.1) is 5.41 Å². The molecule has 2 aromatic heterocycles. The summed E-state index contributed by atoms with van der Waals surface area (Å²) in [5.41, 5.74) is 2.09. The van der Waals surface area contributed by atoms with Gasteiger partial charge in [0.05, 0.1) is 13.0 Å². The topological polar surface area (TPSA) is 84.0 Å². The van der Waals surface area contributed by atoms with E-state index in [0.29, 0.717) is 25.4 Å². The highest BCUT2D eigenvalue weighted by Gasteiger charge is 2.53. The molecular formula is C24H27N5O2. The van der Waals surface area contributed by atoms with Gasteiger partial charge in [0.1, 0.15) is 11.6 Å². The lowest BCUT2D eigenvalue weighted by Crippen LogP contribution is -2.38. The number of amides is 1. The number of benzene rings is 1. The van der Waals surface area contributed by atoms with Crippen LogP contribution < -0.4 is 4.74 Å². The number of aromatic amines is 1. The van der Waals surface area contributed by atoms with Crippen LogP contribution in [-0.2, 0) is 11.2 Å². The third-order valence-corrected chi connectivity index (χ3v) is 6.71. The van der Waals surface area contributed by atoms with Crippen molar-refractivity contribution >= 4 is 5.91 Å². The Bertz CT molecular complexity index is 1040. The van der Waals surface area contributed by atoms with Gasteiger partial charge in [0.15, 0.2) is 5.82 Å². The predicted octanol–water partition coefficient (Wildman–Crippen LogP) is 3.60. The van der Waals surface area contributed by atoms with Gasteiger partial charge in [-0.05, 0) is 55.0 Å². The van der Waals surface area contributed by atoms with Gasteiger partial charge >= 0.3 is 0 Å². The number of hydrogen-bond donors (Lipinski definition) is 1. The van der Waals surface area contributed by atoms with Gasteiger partial charge in [-0.1, -0.05) is 18.6 Å². The molecule has 1 amide bonds. The van der Waals surface area contributed by atoms with Crippen molar-refractivity contribution in [2.24, 2.45) is 5.41 Å². The Morgan fingerprint density at radius 3 is 2.65 bits per heavy atom. The Morgan fingerprint density at radius 1 is 1.19 bits per heavy atom. The maximum atomic E-state index is 13.1. The zero-order valence-electron chi connectivity index (χ0n) is 17.8. The van der Waals surface area contributed by atoms with Gasteiger partial charge in [-0.15, -0.1) is 0 Å². The Labute approximate surface area is 181 Å². The molecular weight excluding hydrogens is 390 g/mol. The second-order valence-electron chi connectivity index (χ2n) is 8.58. The zero-order chi connectivity index (χ0) is 21.3. The monoisotopic (exact) mass is 417 g/mol. The second kappa shape index (κ2) is 8.13. The van der Waals surface area contributed by atoms with E-state index in [0.717, 1.165) is 42.1 Å². The minimum absolute atomic E-state index is 0.129. The average Bonchev–Trinajstić information content (AvgIpc) is 3.41. The van der Waals surface area contributed by atoms with Crippen molar-refractivity contribution in [1.82, 2.24) is 25.1 Å². The van der Waals surface area contributed by atoms with Gasteiger partial charge < -0.3 is 9.64 Å². The highest BCUT2D eigenvalue weighted by atomic mass is 16.5. The summed E-state index contributed by atoms with van der Waals surface area (Å²) in [5.74, 6) is 2.79. The normalized spacial score (nSPS) is 19.4. The number of carbonyl (C=O) groups is 1. The lowest BCUT2D eigenvalue weighted by molar-refractivity contribution is -0.130. The highest BCUT2D eigenvalue weighted by molar-refractivity contribution is 5.79. The van der Waals surface area contributed by atoms with Crippen molar-refractivity contribution in [3.63, 3.8) is 0 Å². The van der Waals surface area contributed by atoms with Gasteiger partial charge in [0, 0.05) is 37.0 Å². The Balaban J connectivity index is 1.30. The number of likely N-dealkylation sites (tertiary alicyclic amines) is 1. The maximum Gasteiger partial charge on any atom is 0.227 e. The molecule has 1 unspecified atom stereocenters. The van der Waals surface area contributed by atoms with Crippen LogP contribution in [0.2, 0.25) is 0 Å². The fourth-order valence-corrected chi connectivity index (χ4v) is 4.89. The van der Waals surface area contributed by atoms with Crippen LogP contribution in [0.15, 0.2) is 48.8 Å². The molecule has 1 aliphatic heterocycles. The first-order valence-electron chi connectivity index (χ1n) is 11.0. The lowest BCUT2D eigenvalue weighted by Gasteiger charge is -2.41. The van der Waals surface area contributed by atoms with Crippen molar-refractivity contribution in [2.45, 2.75) is 38.5 Å². The maximum absolute atomic E-state index is 13.1. The van der Waals surface area contributed by atoms with Gasteiger partial charge in [0.25, 0.3) is 0 Å². The van der Waals surface area contributed by atoms with E-state index in [2.05, 4.69) is 15.2 Å². The molecule has 1 aromatic carbocycles. The summed E-state index contributed by atoms with van der Waals surface area (Å²) < 4.78 is 5.50. The highest BCUT2D eigenvalue weighted by Crippen LogP contribution is 2.55. The number of ether oxygens (including phenoxy) is 1. The molecule has 1 N–H and O–H groups in total. The molecule has 2 fully saturated rings. The third kappa shape index (κ3) is 3.80. The number of H-pyrrole nitrogens is 1. The van der Waals surface area contributed by atoms with E-state index in [4.69, 9.17) is 9.72 Å². The van der Waals surface area contributed by atoms with Crippen LogP contribution in [0.25, 0.3) is 11.4 Å². The minimum Gasteiger partial charge on any atom is -0.494 e. The molecule has 1 spiro atoms. The first-order valence-corrected chi connectivity index (χ1v) is 11.0. The van der Waals surface area contributed by atoms with Crippen LogP contribution in [0.1, 0.15) is 43.5 Å². The number of carbonyl (C=O) groups excluding carboxylic acids is 1. The number of aromatic nitrogens is 4. The second-order valence-corrected chi connectivity index (χ2v) is 8.58. The van der Waals surface area contributed by atoms with Crippen molar-refractivity contribution in [1.29, 1.82) is 0 Å². The average molecular weight is 418 g/mol. The molecule has 0 radical (unpaired) electrons. The van der Waals surface area contributed by atoms with Crippen molar-refractivity contribution in [3.8, 4) is 17.1 Å². The third-order valence-electron chi connectivity index (χ3n) is 6.71. The number of pyridine rings is 1. The molecule has 1 atom stereocenters. The molecule has 1 saturated heterocycles. The summed E-state index contributed by atoms with van der Waals surface area (Å²) in [5, 5.41) is 7.60. The number of hydrogen-bond acceptors (Lipinski definition) is 5. The van der Waals surface area contributed by atoms with Crippen molar-refractivity contribution in [3.05, 3.63) is 60.2 Å². The predicted molar refractivity (Wildman–Crippen MR) is 117 cm³/mol. The molecule has 160 valence electrons. The van der Waals surface area contributed by atoms with E-state index >= 15 is 0 Å². The van der Waals surface area contributed by atoms with Crippen molar-refractivity contribution in [2.75, 3.05) is 19.7 Å². The van der Waals surface area contributed by atoms with E-state index in [-0.39, 0.29) is 17.2 Å². The standard InChI is InChI=1S/C24H27N5O2/c1-2-31-19-6-4-17(5-7-19)14-21(30)29-15-20(24(16-29)10-3-11-24)23-26-22(27-28-23)18-8-12-25-13-9-18/h4-9,12-13,20H,2-3,10-11,14-16H2,1H3,(H,26,27,28). The molecule has 1 saturated carbocycles. The Hall–Kier alpha value is -3.22. The van der Waals surface area contributed by atoms with Crippen LogP contribution in [0.4, 0.5) is 0 Å². The SMILES string of the molecule is CCOc1ccc(CC(=O)N2CC(c3nc(-c4ccncc4)n[nH]3)C3(CCC3)C2)cc1. The molecule has 7 nitrogen and oxygen atoms in total. The van der Waals surface area contributed by atoms with Gasteiger partial charge in [-0.25, -0.2) is 4.98 Å². The Morgan fingerprint density at radius 2 is 1.97 bits per heavy atom. The van der Waals surface area contributed by atoms with E-state index < -0.39 is 0 Å². The first-order chi connectivity index (χ1) is 15.2. The van der Waals surface area contributed by atoms with E-state index in [9.17, 15) is 4.79 Å². The summed E-state index contributed by atoms with van der Waals surface area (Å²) in [6.07, 6.45) is 7.38. The van der Waals surface area contributed by atoms with Crippen LogP contribution in [0.3, 0.4) is 0 Å². The zero-order valence-corrected chi connectivity index (χ0v) is 17.8. The number of nitrogens with zero attached hydrogens (tertiary/aromatic N) is 4. The van der Waals surface area contributed by atoms with Crippen LogP contribution in [0.5, 0.6) is 5.75 Å². The molecule has 1 aliphatic carbocycles. The summed E-state index contributed by atoms with van der Waals surface area (Å²) >= 11 is 0. The summed E-state index contributed by atoms with van der Waals surface area (Å²) in [6.45, 7) is 4.10. The molecule has 0 bridgehead atoms. The van der Waals surface area contributed by atoms with Crippen LogP contribution in [-0.4, -0.2) is 50.7 Å². The largest absolute Gasteiger partial charge is 0.494 e. The van der Waals surface area contributed by atoms with E-state index in [1.165, 1.54) is 6.42 Å². The lowest BCUT2D eigenvalue weighted by atomic mass is 9.62. The molecule has 31 heavy (non-hydrogen) atoms. The number of nitrogens with one attached hydrogen (secondary N) is 1. The quantitative estimate of drug-likeness (QED) is 0.662. The van der Waals surface area contributed by atoms with E-state index in [1.54, 1.807) is 12.4 Å². The van der Waals surface area contributed by atoms with Crippen molar-refractivity contribution < 1.29 is 9.53 Å². The molecule has 2 aliphatic rings. The minimum atomic E-state index is 0.129. The summed E-state index contributed by atoms with van der Waals surface area (Å²) in [7, 11) is 0. The van der Waals surface area contributed by atoms with Gasteiger partial charge in [-0.3, -0.25) is 14.9 Å². The van der Waals surface area contributed by atoms with E-state index in [1.807, 2.05) is 48.2 Å². The summed E-state index contributed by atoms with van der Waals surface area (Å²) in [4.78, 5) is 24.0. The first kappa shape index (κ1) is 19.7. The molecule has 3 heterocycles. The van der Waals surface area contributed by atoms with Gasteiger partial charge in [-0.2, -0.15) is 5.10 Å². The smallest absolute Gasteiger partial charge is 0.227 e. The molecule has 7 heteroatoms. The fourth-order valence-electron chi connectivity index (χ4n) is 4.89. The summed E-state index contributed by atoms with van der Waals surface area (Å²) in [6, 6.07) is 11.6. The number of rotatable bonds is 6. The van der Waals surface area contributed by atoms with Gasteiger partial charge in [0.2, 0.25) is 5.91 Å².